The monoisotopic (exact) mass is 296 g/mol. The summed E-state index contributed by atoms with van der Waals surface area (Å²) in [6.07, 6.45) is 4.23. The van der Waals surface area contributed by atoms with E-state index in [0.29, 0.717) is 5.75 Å². The van der Waals surface area contributed by atoms with Crippen LogP contribution in [-0.2, 0) is 18.5 Å². The third kappa shape index (κ3) is 2.33. The second-order valence-electron chi connectivity index (χ2n) is 6.45. The Bertz CT molecular complexity index is 710. The van der Waals surface area contributed by atoms with Gasteiger partial charge in [-0.25, -0.2) is 0 Å². The molecule has 2 heterocycles. The summed E-state index contributed by atoms with van der Waals surface area (Å²) < 4.78 is 5.28. The van der Waals surface area contributed by atoms with Crippen LogP contribution in [0.5, 0.6) is 11.5 Å². The van der Waals surface area contributed by atoms with Crippen molar-refractivity contribution in [3.05, 3.63) is 53.3 Å². The van der Waals surface area contributed by atoms with Crippen LogP contribution in [0.4, 0.5) is 0 Å². The van der Waals surface area contributed by atoms with Crippen molar-refractivity contribution >= 4 is 0 Å². The number of nitrogens with zero attached hydrogens (tertiary/aromatic N) is 2. The number of methoxy groups -OCH3 is 1. The molecule has 22 heavy (non-hydrogen) atoms. The predicted octanol–water partition coefficient (Wildman–Crippen LogP) is 2.84. The van der Waals surface area contributed by atoms with E-state index in [4.69, 9.17) is 4.74 Å². The quantitative estimate of drug-likeness (QED) is 0.946. The topological polar surface area (TPSA) is 45.6 Å². The molecule has 1 saturated carbocycles. The first kappa shape index (κ1) is 13.6. The van der Waals surface area contributed by atoms with E-state index in [-0.39, 0.29) is 5.41 Å². The van der Waals surface area contributed by atoms with Gasteiger partial charge in [0.15, 0.2) is 0 Å². The minimum absolute atomic E-state index is 0.255. The molecule has 1 fully saturated rings. The number of hydrogen-bond acceptors (Lipinski definition) is 4. The Morgan fingerprint density at radius 3 is 2.91 bits per heavy atom. The van der Waals surface area contributed by atoms with Gasteiger partial charge in [0.05, 0.1) is 12.8 Å². The molecule has 0 radical (unpaired) electrons. The van der Waals surface area contributed by atoms with Crippen LogP contribution in [0, 0.1) is 0 Å². The fourth-order valence-corrected chi connectivity index (χ4v) is 3.59. The van der Waals surface area contributed by atoms with Crippen molar-refractivity contribution in [1.82, 2.24) is 9.88 Å². The van der Waals surface area contributed by atoms with E-state index in [1.165, 1.54) is 24.0 Å². The van der Waals surface area contributed by atoms with Gasteiger partial charge in [0.25, 0.3) is 0 Å². The van der Waals surface area contributed by atoms with Gasteiger partial charge < -0.3 is 9.84 Å². The Kier molecular flexibility index (Phi) is 3.08. The number of aromatic nitrogens is 1. The first-order chi connectivity index (χ1) is 10.7. The molecule has 4 heteroatoms. The van der Waals surface area contributed by atoms with Gasteiger partial charge in [0, 0.05) is 37.3 Å². The molecule has 0 saturated heterocycles. The highest BCUT2D eigenvalue weighted by molar-refractivity contribution is 5.45. The smallest absolute Gasteiger partial charge is 0.122 e. The first-order valence-corrected chi connectivity index (χ1v) is 7.72. The summed E-state index contributed by atoms with van der Waals surface area (Å²) in [5.41, 5.74) is 3.98. The number of aromatic hydroxyl groups is 1. The lowest BCUT2D eigenvalue weighted by molar-refractivity contribution is 0.210. The summed E-state index contributed by atoms with van der Waals surface area (Å²) in [4.78, 5) is 6.91. The van der Waals surface area contributed by atoms with E-state index in [0.717, 1.165) is 31.1 Å². The van der Waals surface area contributed by atoms with Crippen LogP contribution in [0.3, 0.4) is 0 Å². The molecule has 114 valence electrons. The number of benzene rings is 1. The highest BCUT2D eigenvalue weighted by atomic mass is 16.5. The molecule has 2 aromatic rings. The standard InChI is InChI=1S/C18H20N2O2/c1-22-16-4-7-19-14(8-16)11-20-10-13-2-3-15(21)9-17(13)18(12-20)5-6-18/h2-4,7-9,21H,5-6,10-12H2,1H3. The first-order valence-electron chi connectivity index (χ1n) is 7.72. The summed E-state index contributed by atoms with van der Waals surface area (Å²) in [6, 6.07) is 9.70. The third-order valence-electron chi connectivity index (χ3n) is 4.85. The van der Waals surface area contributed by atoms with Gasteiger partial charge in [-0.3, -0.25) is 9.88 Å². The molecule has 4 nitrogen and oxygen atoms in total. The highest BCUT2D eigenvalue weighted by Gasteiger charge is 2.49. The zero-order valence-electron chi connectivity index (χ0n) is 12.7. The maximum Gasteiger partial charge on any atom is 0.122 e. The molecular weight excluding hydrogens is 276 g/mol. The molecule has 1 aromatic heterocycles. The number of phenols is 1. The van der Waals surface area contributed by atoms with Crippen LogP contribution in [0.15, 0.2) is 36.5 Å². The van der Waals surface area contributed by atoms with Gasteiger partial charge in [-0.05, 0) is 42.2 Å². The molecule has 0 unspecified atom stereocenters. The van der Waals surface area contributed by atoms with E-state index >= 15 is 0 Å². The van der Waals surface area contributed by atoms with Crippen LogP contribution in [-0.4, -0.2) is 28.6 Å². The van der Waals surface area contributed by atoms with Gasteiger partial charge in [0.1, 0.15) is 11.5 Å². The zero-order chi connectivity index (χ0) is 15.2. The fraction of sp³-hybridized carbons (Fsp3) is 0.389. The maximum atomic E-state index is 9.77. The van der Waals surface area contributed by atoms with Crippen molar-refractivity contribution in [2.24, 2.45) is 0 Å². The molecule has 0 atom stereocenters. The van der Waals surface area contributed by atoms with E-state index in [1.807, 2.05) is 18.2 Å². The normalized spacial score (nSPS) is 19.0. The largest absolute Gasteiger partial charge is 0.508 e. The summed E-state index contributed by atoms with van der Waals surface area (Å²) in [7, 11) is 1.68. The number of rotatable bonds is 3. The number of pyridine rings is 1. The number of hydrogen-bond donors (Lipinski definition) is 1. The summed E-state index contributed by atoms with van der Waals surface area (Å²) in [5.74, 6) is 1.24. The van der Waals surface area contributed by atoms with Crippen LogP contribution < -0.4 is 4.74 Å². The molecule has 1 aliphatic heterocycles. The minimum Gasteiger partial charge on any atom is -0.508 e. The van der Waals surface area contributed by atoms with E-state index in [2.05, 4.69) is 16.0 Å². The lowest BCUT2D eigenvalue weighted by Crippen LogP contribution is -2.37. The van der Waals surface area contributed by atoms with Crippen molar-refractivity contribution in [3.8, 4) is 11.5 Å². The van der Waals surface area contributed by atoms with Gasteiger partial charge in [0.2, 0.25) is 0 Å². The van der Waals surface area contributed by atoms with Crippen molar-refractivity contribution in [2.75, 3.05) is 13.7 Å². The minimum atomic E-state index is 0.255. The number of phenolic OH excluding ortho intramolecular Hbond substituents is 1. The molecule has 1 aliphatic carbocycles. The van der Waals surface area contributed by atoms with E-state index < -0.39 is 0 Å². The second kappa shape index (κ2) is 4.99. The second-order valence-corrected chi connectivity index (χ2v) is 6.45. The lowest BCUT2D eigenvalue weighted by atomic mass is 9.86. The molecule has 1 N–H and O–H groups in total. The van der Waals surface area contributed by atoms with E-state index in [9.17, 15) is 5.11 Å². The van der Waals surface area contributed by atoms with Gasteiger partial charge in [-0.1, -0.05) is 6.07 Å². The lowest BCUT2D eigenvalue weighted by Gasteiger charge is -2.35. The van der Waals surface area contributed by atoms with Crippen molar-refractivity contribution in [1.29, 1.82) is 0 Å². The Morgan fingerprint density at radius 2 is 2.14 bits per heavy atom. The fourth-order valence-electron chi connectivity index (χ4n) is 3.59. The molecule has 1 spiro atoms. The molecular formula is C18H20N2O2. The Morgan fingerprint density at radius 1 is 1.27 bits per heavy atom. The van der Waals surface area contributed by atoms with E-state index in [1.54, 1.807) is 19.4 Å². The average Bonchev–Trinajstić information content (AvgIpc) is 3.28. The van der Waals surface area contributed by atoms with Crippen molar-refractivity contribution in [2.45, 2.75) is 31.3 Å². The number of fused-ring (bicyclic) bond motifs is 2. The Hall–Kier alpha value is -2.07. The zero-order valence-corrected chi connectivity index (χ0v) is 12.7. The van der Waals surface area contributed by atoms with Gasteiger partial charge in [-0.15, -0.1) is 0 Å². The Balaban J connectivity index is 1.59. The van der Waals surface area contributed by atoms with Gasteiger partial charge in [-0.2, -0.15) is 0 Å². The molecule has 1 aromatic carbocycles. The summed E-state index contributed by atoms with van der Waals surface area (Å²) in [5, 5.41) is 9.77. The number of ether oxygens (including phenoxy) is 1. The van der Waals surface area contributed by atoms with Crippen molar-refractivity contribution < 1.29 is 9.84 Å². The summed E-state index contributed by atoms with van der Waals surface area (Å²) >= 11 is 0. The predicted molar refractivity (Wildman–Crippen MR) is 83.9 cm³/mol. The summed E-state index contributed by atoms with van der Waals surface area (Å²) in [6.45, 7) is 2.79. The average molecular weight is 296 g/mol. The molecule has 0 amide bonds. The maximum absolute atomic E-state index is 9.77. The third-order valence-corrected chi connectivity index (χ3v) is 4.85. The SMILES string of the molecule is COc1ccnc(CN2Cc3ccc(O)cc3C3(CC3)C2)c1. The molecule has 0 bridgehead atoms. The molecule has 4 rings (SSSR count). The van der Waals surface area contributed by atoms with Crippen LogP contribution in [0.2, 0.25) is 0 Å². The van der Waals surface area contributed by atoms with Crippen LogP contribution in [0.25, 0.3) is 0 Å². The van der Waals surface area contributed by atoms with Crippen LogP contribution in [0.1, 0.15) is 29.7 Å². The van der Waals surface area contributed by atoms with Gasteiger partial charge >= 0.3 is 0 Å². The van der Waals surface area contributed by atoms with Crippen LogP contribution >= 0.6 is 0 Å². The van der Waals surface area contributed by atoms with Crippen molar-refractivity contribution in [3.63, 3.8) is 0 Å². The molecule has 2 aliphatic rings. The Labute approximate surface area is 130 Å². The highest BCUT2D eigenvalue weighted by Crippen LogP contribution is 2.53.